The van der Waals surface area contributed by atoms with Crippen molar-refractivity contribution in [2.24, 2.45) is 0 Å². The van der Waals surface area contributed by atoms with Crippen LogP contribution in [-0.4, -0.2) is 37.5 Å². The van der Waals surface area contributed by atoms with Crippen molar-refractivity contribution in [3.63, 3.8) is 0 Å². The molecule has 0 atom stereocenters. The molecule has 0 fully saturated rings. The molecule has 4 N–H and O–H groups in total. The van der Waals surface area contributed by atoms with Crippen LogP contribution in [0, 0.1) is 35.6 Å². The summed E-state index contributed by atoms with van der Waals surface area (Å²) in [5.74, 6) is 0. The molecule has 0 spiro atoms. The molecule has 0 saturated carbocycles. The maximum Gasteiger partial charge on any atom is 0.761 e. The Bertz CT molecular complexity index is 69.1. The van der Waals surface area contributed by atoms with Crippen LogP contribution in [0.25, 0.3) is 0 Å². The second-order valence-corrected chi connectivity index (χ2v) is 1.70. The summed E-state index contributed by atoms with van der Waals surface area (Å²) < 4.78 is 17.5. The maximum atomic E-state index is 8.74. The van der Waals surface area contributed by atoms with E-state index in [1.54, 1.807) is 0 Å². The number of hydrogen-bond donors (Lipinski definition) is 4. The number of hydrogen-bond acceptors (Lipinski definition) is 2. The van der Waals surface area contributed by atoms with E-state index in [-0.39, 0.29) is 35.6 Å². The number of rotatable bonds is 0. The third-order valence-electron chi connectivity index (χ3n) is 0. The zero-order valence-corrected chi connectivity index (χ0v) is 9.81. The Labute approximate surface area is 81.6 Å². The van der Waals surface area contributed by atoms with E-state index in [4.69, 9.17) is 28.1 Å². The molecule has 0 aliphatic carbocycles. The van der Waals surface area contributed by atoms with Crippen LogP contribution in [0.1, 0.15) is 0 Å². The Morgan fingerprint density at radius 1 is 0.778 bits per heavy atom. The molecule has 0 aliphatic heterocycles. The van der Waals surface area contributed by atoms with Gasteiger partial charge in [0.15, 0.2) is 0 Å². The molecular weight excluding hydrogens is 291 g/mol. The molecule has 0 aromatic heterocycles. The van der Waals surface area contributed by atoms with Crippen LogP contribution in [0.4, 0.5) is 0 Å². The van der Waals surface area contributed by atoms with Gasteiger partial charge in [0, 0.05) is 35.6 Å². The van der Waals surface area contributed by atoms with Crippen LogP contribution in [0.2, 0.25) is 0 Å². The Morgan fingerprint density at radius 3 is 0.778 bits per heavy atom. The minimum Gasteiger partial charge on any atom is -0.511 e. The van der Waals surface area contributed by atoms with Crippen molar-refractivity contribution < 1.29 is 63.7 Å². The van der Waals surface area contributed by atoms with Crippen LogP contribution < -0.4 is 0 Å². The third kappa shape index (κ3) is 1900. The summed E-state index contributed by atoms with van der Waals surface area (Å²) in [6.07, 6.45) is 0. The molecule has 9 heavy (non-hydrogen) atoms. The zero-order valence-electron chi connectivity index (χ0n) is 4.18. The molecule has 0 aromatic rings. The summed E-state index contributed by atoms with van der Waals surface area (Å²) in [6.45, 7) is 0. The average Bonchev–Trinajstić information content (AvgIpc) is 1.25. The Hall–Kier alpha value is 0.429. The summed E-state index contributed by atoms with van der Waals surface area (Å²) in [4.78, 5) is 28.6. The van der Waals surface area contributed by atoms with Gasteiger partial charge in [-0.05, 0) is 0 Å². The Balaban J connectivity index is -0.0000000720. The Morgan fingerprint density at radius 2 is 0.778 bits per heavy atom. The summed E-state index contributed by atoms with van der Waals surface area (Å²) in [5.41, 5.74) is 0. The van der Waals surface area contributed by atoms with Gasteiger partial charge < -0.3 is 19.2 Å². The van der Waals surface area contributed by atoms with Crippen molar-refractivity contribution in [2.75, 3.05) is 0 Å². The van der Waals surface area contributed by atoms with E-state index in [1.807, 2.05) is 0 Å². The van der Waals surface area contributed by atoms with Gasteiger partial charge in [0.05, 0.1) is 0 Å². The molecule has 1 radical (unpaired) electrons. The van der Waals surface area contributed by atoms with E-state index in [1.165, 1.54) is 0 Å². The van der Waals surface area contributed by atoms with Crippen molar-refractivity contribution in [1.29, 1.82) is 0 Å². The molecule has 0 heterocycles. The molecule has 0 amide bonds. The molecule has 0 aromatic carbocycles. The van der Waals surface area contributed by atoms with Crippen LogP contribution >= 0.6 is 0 Å². The van der Waals surface area contributed by atoms with Crippen molar-refractivity contribution >= 4 is 18.3 Å². The van der Waals surface area contributed by atoms with E-state index in [2.05, 4.69) is 0 Å². The van der Waals surface area contributed by atoms with Gasteiger partial charge in [0.25, 0.3) is 0 Å². The molecule has 9 heteroatoms. The molecule has 0 saturated heterocycles. The van der Waals surface area contributed by atoms with Gasteiger partial charge in [-0.1, -0.05) is 0 Å². The average molecular weight is 295 g/mol. The predicted octanol–water partition coefficient (Wildman–Crippen LogP) is -3.23. The second-order valence-electron chi connectivity index (χ2n) is 0.565. The fourth-order valence-corrected chi connectivity index (χ4v) is 0. The van der Waals surface area contributed by atoms with E-state index >= 15 is 0 Å². The minimum absolute atomic E-state index is 0. The van der Waals surface area contributed by atoms with Gasteiger partial charge in [-0.3, -0.25) is 8.92 Å². The van der Waals surface area contributed by atoms with Crippen LogP contribution in [0.15, 0.2) is 0 Å². The smallest absolute Gasteiger partial charge is 0.511 e. The first-order chi connectivity index (χ1) is 3.46. The first-order valence-electron chi connectivity index (χ1n) is 1.30. The normalized spacial score (nSPS) is 5.33. The summed E-state index contributed by atoms with van der Waals surface area (Å²) in [7, 11) is -6.26. The SMILES string of the molecule is O=[Si](O)O.O=[Si](O)O.[La]. The van der Waals surface area contributed by atoms with Crippen molar-refractivity contribution in [3.05, 3.63) is 0 Å². The first kappa shape index (κ1) is 16.2. The van der Waals surface area contributed by atoms with Crippen LogP contribution in [0.5, 0.6) is 0 Å². The fourth-order valence-electron chi connectivity index (χ4n) is 0. The predicted molar refractivity (Wildman–Crippen MR) is 21.8 cm³/mol. The minimum atomic E-state index is -3.13. The summed E-state index contributed by atoms with van der Waals surface area (Å²) >= 11 is 0. The summed E-state index contributed by atoms with van der Waals surface area (Å²) in [5, 5.41) is 0. The largest absolute Gasteiger partial charge is 0.761 e. The van der Waals surface area contributed by atoms with Crippen molar-refractivity contribution in [3.8, 4) is 0 Å². The standard InChI is InChI=1S/La.2H2O3Si/c;2*1-4(2)3/h;2*1-2H. The molecular formula is H4LaO6Si2. The first-order valence-corrected chi connectivity index (χ1v) is 3.91. The van der Waals surface area contributed by atoms with E-state index in [9.17, 15) is 0 Å². The second kappa shape index (κ2) is 11.3. The van der Waals surface area contributed by atoms with E-state index in [0.717, 1.165) is 0 Å². The van der Waals surface area contributed by atoms with Gasteiger partial charge >= 0.3 is 18.3 Å². The zero-order chi connectivity index (χ0) is 7.15. The molecule has 0 aliphatic rings. The van der Waals surface area contributed by atoms with Gasteiger partial charge in [-0.2, -0.15) is 0 Å². The van der Waals surface area contributed by atoms with Gasteiger partial charge in [-0.15, -0.1) is 0 Å². The van der Waals surface area contributed by atoms with E-state index in [0.29, 0.717) is 0 Å². The van der Waals surface area contributed by atoms with Gasteiger partial charge in [0.1, 0.15) is 0 Å². The Kier molecular flexibility index (Phi) is 20.3. The molecule has 0 rings (SSSR count). The van der Waals surface area contributed by atoms with Gasteiger partial charge in [0.2, 0.25) is 0 Å². The van der Waals surface area contributed by atoms with Crippen LogP contribution in [0.3, 0.4) is 0 Å². The third-order valence-corrected chi connectivity index (χ3v) is 0. The maximum absolute atomic E-state index is 8.74. The fraction of sp³-hybridized carbons (Fsp3) is 0. The topological polar surface area (TPSA) is 115 Å². The quantitative estimate of drug-likeness (QED) is 0.349. The molecule has 0 bridgehead atoms. The molecule has 6 nitrogen and oxygen atoms in total. The van der Waals surface area contributed by atoms with E-state index < -0.39 is 18.3 Å². The van der Waals surface area contributed by atoms with Crippen molar-refractivity contribution in [2.45, 2.75) is 0 Å². The summed E-state index contributed by atoms with van der Waals surface area (Å²) in [6, 6.07) is 0. The van der Waals surface area contributed by atoms with Crippen molar-refractivity contribution in [1.82, 2.24) is 0 Å². The molecule has 0 unspecified atom stereocenters. The monoisotopic (exact) mass is 295 g/mol. The van der Waals surface area contributed by atoms with Crippen LogP contribution in [-0.2, 0) is 8.92 Å². The molecule has 51 valence electrons. The van der Waals surface area contributed by atoms with Gasteiger partial charge in [-0.25, -0.2) is 0 Å².